The number of thioether (sulfide) groups is 12. The zero-order chi connectivity index (χ0) is 89.0. The third-order valence-corrected chi connectivity index (χ3v) is 34.0. The van der Waals surface area contributed by atoms with Crippen LogP contribution in [0.2, 0.25) is 0 Å². The summed E-state index contributed by atoms with van der Waals surface area (Å²) in [5, 5.41) is 0. The van der Waals surface area contributed by atoms with Gasteiger partial charge in [0.05, 0.1) is 43.9 Å². The first kappa shape index (κ1) is 107. The summed E-state index contributed by atoms with van der Waals surface area (Å²) >= 11 is 50.1. The number of ether oxygens (including phenoxy) is 9. The quantitative estimate of drug-likeness (QED) is 0.0196. The van der Waals surface area contributed by atoms with Crippen LogP contribution < -0.4 is 0 Å². The maximum Gasteiger partial charge on any atom is 0.318 e. The van der Waals surface area contributed by atoms with Crippen molar-refractivity contribution >= 4 is 289 Å². The summed E-state index contributed by atoms with van der Waals surface area (Å²) in [6.45, 7) is -0.329. The highest BCUT2D eigenvalue weighted by Gasteiger charge is 2.46. The molecule has 0 radical (unpaired) electrons. The first-order chi connectivity index (χ1) is 59.1. The second-order valence-corrected chi connectivity index (χ2v) is 47.6. The van der Waals surface area contributed by atoms with Crippen molar-refractivity contribution < 1.29 is 85.8 Å². The molecule has 0 heterocycles. The maximum absolute atomic E-state index is 15.1. The van der Waals surface area contributed by atoms with Gasteiger partial charge in [-0.05, 0) is 60.6 Å². The lowest BCUT2D eigenvalue weighted by atomic mass is 9.86. The Balaban J connectivity index is 1.26. The Morgan fingerprint density at radius 2 is 0.390 bits per heavy atom. The van der Waals surface area contributed by atoms with Crippen LogP contribution in [0.3, 0.4) is 0 Å². The molecule has 6 aromatic rings. The molecule has 6 aromatic carbocycles. The summed E-state index contributed by atoms with van der Waals surface area (Å²) in [6.07, 6.45) is -0.845. The van der Waals surface area contributed by atoms with E-state index in [0.717, 1.165) is 33.4 Å². The summed E-state index contributed by atoms with van der Waals surface area (Å²) in [4.78, 5) is 127. The smallest absolute Gasteiger partial charge is 0.318 e. The molecule has 0 bridgehead atoms. The summed E-state index contributed by atoms with van der Waals surface area (Å²) in [5.41, 5.74) is -1.10. The Morgan fingerprint density at radius 3 is 0.537 bits per heavy atom. The maximum atomic E-state index is 15.1. The zero-order valence-electron chi connectivity index (χ0n) is 68.3. The largest absolute Gasteiger partial charge is 0.464 e. The molecule has 0 unspecified atom stereocenters. The molecule has 36 heteroatoms. The number of carbonyl (C=O) groups excluding carboxylic acids is 9. The van der Waals surface area contributed by atoms with Gasteiger partial charge in [-0.25, -0.2) is 0 Å². The molecular weight excluding hydrogens is 1910 g/mol. The predicted molar refractivity (Wildman–Crippen MR) is 540 cm³/mol. The van der Waals surface area contributed by atoms with Crippen LogP contribution in [-0.4, -0.2) is 169 Å². The van der Waals surface area contributed by atoms with Crippen LogP contribution in [-0.2, 0) is 120 Å². The van der Waals surface area contributed by atoms with Gasteiger partial charge in [-0.15, -0.1) is 141 Å². The van der Waals surface area contributed by atoms with Gasteiger partial charge in [0.15, 0.2) is 0 Å². The second kappa shape index (κ2) is 61.0. The molecule has 6 rings (SSSR count). The van der Waals surface area contributed by atoms with Crippen molar-refractivity contribution in [1.29, 1.82) is 0 Å². The van der Waals surface area contributed by atoms with Crippen molar-refractivity contribution in [3.8, 4) is 0 Å². The van der Waals surface area contributed by atoms with Crippen LogP contribution in [0.4, 0.5) is 0 Å². The number of rotatable bonds is 52. The lowest BCUT2D eigenvalue weighted by molar-refractivity contribution is -0.182. The molecule has 0 N–H and O–H groups in total. The Bertz CT molecular complexity index is 3700. The van der Waals surface area contributed by atoms with Gasteiger partial charge in [-0.3, -0.25) is 43.2 Å². The van der Waals surface area contributed by atoms with E-state index >= 15 is 14.4 Å². The van der Waals surface area contributed by atoms with Crippen molar-refractivity contribution in [3.63, 3.8) is 0 Å². The first-order valence-electron chi connectivity index (χ1n) is 38.6. The minimum absolute atomic E-state index is 0.103. The van der Waals surface area contributed by atoms with Crippen molar-refractivity contribution in [3.05, 3.63) is 215 Å². The minimum Gasteiger partial charge on any atom is -0.464 e. The van der Waals surface area contributed by atoms with Crippen molar-refractivity contribution in [2.75, 3.05) is 94.0 Å². The normalized spacial score (nSPS) is 11.4. The third kappa shape index (κ3) is 45.9. The van der Waals surface area contributed by atoms with Gasteiger partial charge in [0.25, 0.3) is 0 Å². The van der Waals surface area contributed by atoms with Crippen LogP contribution in [0.1, 0.15) is 106 Å². The van der Waals surface area contributed by atoms with Gasteiger partial charge in [-0.1, -0.05) is 262 Å². The van der Waals surface area contributed by atoms with E-state index in [-0.39, 0.29) is 79.5 Å². The van der Waals surface area contributed by atoms with Crippen LogP contribution in [0, 0.1) is 21.7 Å². The highest BCUT2D eigenvalue weighted by atomic mass is 32.3. The molecule has 0 saturated carbocycles. The number of esters is 9. The van der Waals surface area contributed by atoms with E-state index < -0.39 is 135 Å². The monoisotopic (exact) mass is 2010 g/mol. The topological polar surface area (TPSA) is 237 Å². The number of hydrogen-bond acceptors (Lipinski definition) is 36. The Hall–Kier alpha value is -4.71. The average molecular weight is 2010 g/mol. The second-order valence-electron chi connectivity index (χ2n) is 28.0. The SMILES string of the molecule is CCC(COC(=O)C(C)(COC(=O)CCSC(=S)SCc1ccccc1)COC(=O)CCSC(=S)SCc1ccccc1)(COC(=O)C(C)(COC(=O)CCSC(=S)SCc1ccccc1)COC(=O)CCSC(=S)SCc1ccccc1)COC(=O)C(C)(COC(=O)CCSC(=S)SCc1ccccc1)COC(=O)CCSC(=S)SCc1ccccc1. The summed E-state index contributed by atoms with van der Waals surface area (Å²) in [6, 6.07) is 58.5. The van der Waals surface area contributed by atoms with Crippen molar-refractivity contribution in [1.82, 2.24) is 0 Å². The Labute approximate surface area is 804 Å². The van der Waals surface area contributed by atoms with E-state index in [1.165, 1.54) is 162 Å². The lowest BCUT2D eigenvalue weighted by Gasteiger charge is -2.35. The third-order valence-electron chi connectivity index (χ3n) is 17.4. The standard InChI is InChI=1S/C87H98O18S18/c1-5-87(60-103-75(94)84(2,54-97-69(88)36-42-112-78(106)118-48-63-24-12-6-13-25-63)55-98-70(89)37-43-113-79(107)119-49-64-26-14-7-15-27-64,61-104-76(95)85(3,56-99-71(90)38-44-114-80(108)120-50-65-28-16-8-17-29-65)57-100-72(91)39-45-115-81(109)121-51-66-30-18-9-19-31-66)62-105-77(96)86(4,58-101-73(92)40-46-116-82(110)122-52-67-32-20-10-21-33-67)59-102-74(93)41-47-117-83(111)123-53-68-34-22-11-23-35-68/h6-35H,5,36-62H2,1-4H3. The number of carbonyl (C=O) groups is 9. The average Bonchev–Trinajstić information content (AvgIpc) is 0.819. The van der Waals surface area contributed by atoms with Crippen LogP contribution in [0.25, 0.3) is 0 Å². The van der Waals surface area contributed by atoms with Gasteiger partial charge >= 0.3 is 53.7 Å². The molecule has 0 fully saturated rings. The molecule has 0 aromatic heterocycles. The van der Waals surface area contributed by atoms with E-state index in [0.29, 0.717) is 55.7 Å². The number of hydrogen-bond donors (Lipinski definition) is 0. The van der Waals surface area contributed by atoms with Gasteiger partial charge in [0.1, 0.15) is 96.9 Å². The van der Waals surface area contributed by atoms with Crippen LogP contribution in [0.15, 0.2) is 182 Å². The van der Waals surface area contributed by atoms with E-state index in [4.69, 9.17) is 116 Å². The highest BCUT2D eigenvalue weighted by molar-refractivity contribution is 8.49. The van der Waals surface area contributed by atoms with E-state index in [2.05, 4.69) is 0 Å². The molecule has 0 saturated heterocycles. The first-order valence-corrected chi connectivity index (χ1v) is 52.9. The van der Waals surface area contributed by atoms with Crippen LogP contribution in [0.5, 0.6) is 0 Å². The zero-order valence-corrected chi connectivity index (χ0v) is 83.0. The molecule has 18 nitrogen and oxygen atoms in total. The molecule has 0 aliphatic rings. The number of thiocarbonyl (C=S) groups is 6. The van der Waals surface area contributed by atoms with E-state index in [1.807, 2.05) is 182 Å². The molecule has 0 aliphatic heterocycles. The van der Waals surface area contributed by atoms with E-state index in [1.54, 1.807) is 6.92 Å². The highest BCUT2D eigenvalue weighted by Crippen LogP contribution is 2.35. The fourth-order valence-electron chi connectivity index (χ4n) is 9.82. The molecule has 662 valence electrons. The molecular formula is C87H98O18S18. The summed E-state index contributed by atoms with van der Waals surface area (Å²) in [7, 11) is 0. The fraction of sp³-hybridized carbons (Fsp3) is 0.414. The fourth-order valence-corrected chi connectivity index (χ4v) is 22.4. The van der Waals surface area contributed by atoms with E-state index in [9.17, 15) is 28.8 Å². The van der Waals surface area contributed by atoms with Crippen molar-refractivity contribution in [2.45, 2.75) is 107 Å². The van der Waals surface area contributed by atoms with Crippen molar-refractivity contribution in [2.24, 2.45) is 21.7 Å². The molecule has 0 atom stereocenters. The summed E-state index contributed by atoms with van der Waals surface area (Å²) in [5.74, 6) is -2.23. The lowest BCUT2D eigenvalue weighted by Crippen LogP contribution is -2.47. The molecule has 0 spiro atoms. The minimum atomic E-state index is -1.93. The van der Waals surface area contributed by atoms with Gasteiger partial charge in [0, 0.05) is 69.0 Å². The Kier molecular flexibility index (Phi) is 53.1. The van der Waals surface area contributed by atoms with Gasteiger partial charge in [-0.2, -0.15) is 0 Å². The Morgan fingerprint density at radius 1 is 0.236 bits per heavy atom. The number of benzene rings is 6. The van der Waals surface area contributed by atoms with Gasteiger partial charge < -0.3 is 42.6 Å². The van der Waals surface area contributed by atoms with Crippen LogP contribution >= 0.6 is 214 Å². The summed E-state index contributed by atoms with van der Waals surface area (Å²) < 4.78 is 57.0. The molecule has 0 amide bonds. The molecule has 0 aliphatic carbocycles. The predicted octanol–water partition coefficient (Wildman–Crippen LogP) is 21.3. The van der Waals surface area contributed by atoms with Gasteiger partial charge in [0.2, 0.25) is 0 Å². The molecule has 123 heavy (non-hydrogen) atoms.